The van der Waals surface area contributed by atoms with Crippen LogP contribution in [0.3, 0.4) is 0 Å². The molecule has 0 saturated carbocycles. The SMILES string of the molecule is CC[C@H]1CN(c2nc(N)c(C(=O)NCCO)nc2Cl)CCN1C1CCN(C(=O)c2ccc(CS(C)(=O)=O)cc2)CC1. The molecule has 2 aliphatic heterocycles. The van der Waals surface area contributed by atoms with Crippen molar-refractivity contribution in [3.63, 3.8) is 0 Å². The maximum absolute atomic E-state index is 13.1. The monoisotopic (exact) mass is 607 g/mol. The fourth-order valence-electron chi connectivity index (χ4n) is 5.58. The number of anilines is 2. The number of carbonyl (C=O) groups is 2. The number of piperazine rings is 1. The number of nitrogens with one attached hydrogen (secondary N) is 1. The molecule has 41 heavy (non-hydrogen) atoms. The molecule has 1 aromatic heterocycles. The molecule has 2 aromatic rings. The summed E-state index contributed by atoms with van der Waals surface area (Å²) in [5.74, 6) is -0.187. The Labute approximate surface area is 245 Å². The number of nitrogens with zero attached hydrogens (tertiary/aromatic N) is 5. The van der Waals surface area contributed by atoms with Crippen LogP contribution in [0.15, 0.2) is 24.3 Å². The maximum atomic E-state index is 13.1. The molecular weight excluding hydrogens is 570 g/mol. The summed E-state index contributed by atoms with van der Waals surface area (Å²) in [6, 6.07) is 7.40. The van der Waals surface area contributed by atoms with Crippen LogP contribution in [-0.4, -0.2) is 109 Å². The van der Waals surface area contributed by atoms with Gasteiger partial charge in [-0.25, -0.2) is 18.4 Å². The van der Waals surface area contributed by atoms with Crippen molar-refractivity contribution in [3.05, 3.63) is 46.2 Å². The number of nitrogen functional groups attached to an aromatic ring is 1. The van der Waals surface area contributed by atoms with Gasteiger partial charge in [0, 0.05) is 63.2 Å². The topological polar surface area (TPSA) is 162 Å². The number of rotatable bonds is 9. The number of likely N-dealkylation sites (tertiary alicyclic amines) is 1. The van der Waals surface area contributed by atoms with Crippen LogP contribution in [0.25, 0.3) is 0 Å². The molecule has 0 unspecified atom stereocenters. The zero-order chi connectivity index (χ0) is 29.7. The normalized spacial score (nSPS) is 18.9. The number of sulfone groups is 1. The smallest absolute Gasteiger partial charge is 0.273 e. The Bertz CT molecular complexity index is 1350. The second-order valence-electron chi connectivity index (χ2n) is 10.6. The molecule has 3 heterocycles. The van der Waals surface area contributed by atoms with Crippen molar-refractivity contribution in [1.29, 1.82) is 0 Å². The lowest BCUT2D eigenvalue weighted by Gasteiger charge is -2.47. The van der Waals surface area contributed by atoms with E-state index in [1.54, 1.807) is 24.3 Å². The second kappa shape index (κ2) is 13.3. The van der Waals surface area contributed by atoms with E-state index >= 15 is 0 Å². The first-order chi connectivity index (χ1) is 19.5. The first kappa shape index (κ1) is 30.9. The van der Waals surface area contributed by atoms with E-state index in [2.05, 4.69) is 32.0 Å². The molecule has 0 spiro atoms. The van der Waals surface area contributed by atoms with E-state index in [1.165, 1.54) is 6.26 Å². The minimum atomic E-state index is -3.13. The van der Waals surface area contributed by atoms with Crippen LogP contribution in [0.1, 0.15) is 52.6 Å². The van der Waals surface area contributed by atoms with Crippen LogP contribution in [0.2, 0.25) is 5.15 Å². The number of aliphatic hydroxyl groups is 1. The van der Waals surface area contributed by atoms with E-state index in [-0.39, 0.29) is 47.5 Å². The molecule has 224 valence electrons. The summed E-state index contributed by atoms with van der Waals surface area (Å²) < 4.78 is 23.1. The van der Waals surface area contributed by atoms with Crippen LogP contribution >= 0.6 is 11.6 Å². The zero-order valence-electron chi connectivity index (χ0n) is 23.4. The lowest BCUT2D eigenvalue weighted by Crippen LogP contribution is -2.58. The number of hydrogen-bond donors (Lipinski definition) is 3. The Morgan fingerprint density at radius 1 is 1.12 bits per heavy atom. The molecule has 12 nitrogen and oxygen atoms in total. The third kappa shape index (κ3) is 7.64. The minimum absolute atomic E-state index is 0.0163. The van der Waals surface area contributed by atoms with E-state index in [1.807, 2.05) is 4.90 Å². The fourth-order valence-corrected chi connectivity index (χ4v) is 6.62. The van der Waals surface area contributed by atoms with E-state index in [4.69, 9.17) is 22.4 Å². The van der Waals surface area contributed by atoms with Crippen molar-refractivity contribution in [1.82, 2.24) is 25.1 Å². The zero-order valence-corrected chi connectivity index (χ0v) is 25.0. The molecule has 2 aliphatic rings. The first-order valence-corrected chi connectivity index (χ1v) is 16.2. The van der Waals surface area contributed by atoms with Gasteiger partial charge in [-0.3, -0.25) is 14.5 Å². The van der Waals surface area contributed by atoms with Gasteiger partial charge in [0.1, 0.15) is 0 Å². The quantitative estimate of drug-likeness (QED) is 0.377. The number of halogens is 1. The summed E-state index contributed by atoms with van der Waals surface area (Å²) in [5, 5.41) is 11.5. The predicted octanol–water partition coefficient (Wildman–Crippen LogP) is 1.18. The van der Waals surface area contributed by atoms with Gasteiger partial charge < -0.3 is 26.0 Å². The minimum Gasteiger partial charge on any atom is -0.395 e. The third-order valence-electron chi connectivity index (χ3n) is 7.63. The van der Waals surface area contributed by atoms with Crippen LogP contribution in [-0.2, 0) is 15.6 Å². The van der Waals surface area contributed by atoms with Gasteiger partial charge in [-0.05, 0) is 37.0 Å². The number of amides is 2. The Kier molecular flexibility index (Phi) is 10.1. The highest BCUT2D eigenvalue weighted by atomic mass is 35.5. The number of aliphatic hydroxyl groups excluding tert-OH is 1. The lowest BCUT2D eigenvalue weighted by molar-refractivity contribution is 0.0490. The standard InChI is InChI=1S/C27H38ClN7O5S/c1-3-20-16-34(25-23(28)31-22(24(29)32-25)26(37)30-10-15-36)13-14-35(20)21-8-11-33(12-9-21)27(38)19-6-4-18(5-7-19)17-41(2,39)40/h4-7,20-21,36H,3,8-17H2,1-2H3,(H2,29,32)(H,30,37)/t20-/m0/s1. The van der Waals surface area contributed by atoms with Crippen molar-refractivity contribution >= 4 is 44.9 Å². The summed E-state index contributed by atoms with van der Waals surface area (Å²) >= 11 is 6.44. The second-order valence-corrected chi connectivity index (χ2v) is 13.1. The van der Waals surface area contributed by atoms with Gasteiger partial charge in [-0.2, -0.15) is 0 Å². The Morgan fingerprint density at radius 3 is 2.41 bits per heavy atom. The first-order valence-electron chi connectivity index (χ1n) is 13.8. The van der Waals surface area contributed by atoms with Crippen LogP contribution in [0.4, 0.5) is 11.6 Å². The summed E-state index contributed by atoms with van der Waals surface area (Å²) in [5.41, 5.74) is 7.21. The molecule has 0 radical (unpaired) electrons. The number of aromatic nitrogens is 2. The molecule has 2 saturated heterocycles. The van der Waals surface area contributed by atoms with Crippen molar-refractivity contribution < 1.29 is 23.1 Å². The van der Waals surface area contributed by atoms with Gasteiger partial charge in [-0.1, -0.05) is 30.7 Å². The number of nitrogens with two attached hydrogens (primary N) is 1. The third-order valence-corrected chi connectivity index (χ3v) is 8.74. The van der Waals surface area contributed by atoms with E-state index in [0.29, 0.717) is 49.2 Å². The molecule has 2 amide bonds. The Hall–Kier alpha value is -3.00. The average Bonchev–Trinajstić information content (AvgIpc) is 2.96. The summed E-state index contributed by atoms with van der Waals surface area (Å²) in [6.07, 6.45) is 3.83. The van der Waals surface area contributed by atoms with Crippen molar-refractivity contribution in [2.24, 2.45) is 0 Å². The molecule has 1 aromatic carbocycles. The molecular formula is C27H38ClN7O5S. The van der Waals surface area contributed by atoms with E-state index in [0.717, 1.165) is 25.8 Å². The number of carbonyl (C=O) groups excluding carboxylic acids is 2. The Morgan fingerprint density at radius 2 is 1.80 bits per heavy atom. The van der Waals surface area contributed by atoms with Crippen LogP contribution in [0.5, 0.6) is 0 Å². The largest absolute Gasteiger partial charge is 0.395 e. The highest BCUT2D eigenvalue weighted by Crippen LogP contribution is 2.30. The Balaban J connectivity index is 1.35. The van der Waals surface area contributed by atoms with Gasteiger partial charge in [0.25, 0.3) is 11.8 Å². The lowest BCUT2D eigenvalue weighted by atomic mass is 9.97. The van der Waals surface area contributed by atoms with Crippen LogP contribution < -0.4 is 16.0 Å². The van der Waals surface area contributed by atoms with E-state index < -0.39 is 15.7 Å². The van der Waals surface area contributed by atoms with Crippen molar-refractivity contribution in [2.45, 2.75) is 44.0 Å². The number of hydrogen-bond acceptors (Lipinski definition) is 10. The van der Waals surface area contributed by atoms with Crippen molar-refractivity contribution in [3.8, 4) is 0 Å². The van der Waals surface area contributed by atoms with Crippen molar-refractivity contribution in [2.75, 3.05) is 62.8 Å². The van der Waals surface area contributed by atoms with Crippen LogP contribution in [0, 0.1) is 0 Å². The molecule has 4 rings (SSSR count). The molecule has 4 N–H and O–H groups in total. The van der Waals surface area contributed by atoms with Gasteiger partial charge in [0.2, 0.25) is 0 Å². The highest BCUT2D eigenvalue weighted by Gasteiger charge is 2.35. The fraction of sp³-hybridized carbons (Fsp3) is 0.556. The predicted molar refractivity (Wildman–Crippen MR) is 158 cm³/mol. The van der Waals surface area contributed by atoms with Gasteiger partial charge in [0.05, 0.1) is 12.4 Å². The maximum Gasteiger partial charge on any atom is 0.273 e. The average molecular weight is 608 g/mol. The summed E-state index contributed by atoms with van der Waals surface area (Å²) in [4.78, 5) is 40.4. The molecule has 0 aliphatic carbocycles. The summed E-state index contributed by atoms with van der Waals surface area (Å²) in [6.45, 7) is 5.45. The highest BCUT2D eigenvalue weighted by molar-refractivity contribution is 7.89. The molecule has 1 atom stereocenters. The molecule has 2 fully saturated rings. The molecule has 0 bridgehead atoms. The van der Waals surface area contributed by atoms with Gasteiger partial charge >= 0.3 is 0 Å². The number of piperidine rings is 1. The van der Waals surface area contributed by atoms with Gasteiger partial charge in [0.15, 0.2) is 32.3 Å². The number of benzene rings is 1. The summed E-state index contributed by atoms with van der Waals surface area (Å²) in [7, 11) is -3.13. The van der Waals surface area contributed by atoms with E-state index in [9.17, 15) is 18.0 Å². The molecule has 14 heteroatoms. The van der Waals surface area contributed by atoms with Gasteiger partial charge in [-0.15, -0.1) is 0 Å².